The van der Waals surface area contributed by atoms with Crippen molar-refractivity contribution in [2.45, 2.75) is 45.3 Å². The van der Waals surface area contributed by atoms with Crippen LogP contribution in [0.1, 0.15) is 44.0 Å². The number of carbonyl (C=O) groups excluding carboxylic acids is 2. The lowest BCUT2D eigenvalue weighted by Crippen LogP contribution is -2.47. The monoisotopic (exact) mass is 405 g/mol. The fraction of sp³-hybridized carbons (Fsp3) is 0.375. The van der Waals surface area contributed by atoms with Crippen molar-refractivity contribution in [3.8, 4) is 0 Å². The summed E-state index contributed by atoms with van der Waals surface area (Å²) in [5.74, 6) is -0.125. The lowest BCUT2D eigenvalue weighted by Gasteiger charge is -2.33. The van der Waals surface area contributed by atoms with Crippen LogP contribution in [0.5, 0.6) is 0 Å². The third kappa shape index (κ3) is 4.22. The van der Waals surface area contributed by atoms with Crippen LogP contribution in [0.2, 0.25) is 0 Å². The number of hydrogen-bond donors (Lipinski definition) is 1. The number of nitrogens with zero attached hydrogens (tertiary/aromatic N) is 2. The van der Waals surface area contributed by atoms with Crippen molar-refractivity contribution in [1.82, 2.24) is 15.2 Å². The fourth-order valence-electron chi connectivity index (χ4n) is 3.90. The van der Waals surface area contributed by atoms with Crippen LogP contribution in [0.3, 0.4) is 0 Å². The number of rotatable bonds is 2. The molecule has 1 aliphatic rings. The molecule has 0 bridgehead atoms. The molecule has 0 unspecified atom stereocenters. The van der Waals surface area contributed by atoms with Crippen LogP contribution in [0.4, 0.5) is 4.79 Å². The molecule has 0 atom stereocenters. The number of ether oxygens (including phenoxy) is 1. The van der Waals surface area contributed by atoms with Crippen molar-refractivity contribution in [2.75, 3.05) is 13.1 Å². The number of piperidine rings is 1. The zero-order valence-electron chi connectivity index (χ0n) is 17.6. The summed E-state index contributed by atoms with van der Waals surface area (Å²) >= 11 is 0. The van der Waals surface area contributed by atoms with Gasteiger partial charge in [0.1, 0.15) is 5.60 Å². The molecule has 30 heavy (non-hydrogen) atoms. The molecule has 6 nitrogen and oxygen atoms in total. The Hall–Kier alpha value is -3.15. The number of carbonyl (C=O) groups is 2. The molecular weight excluding hydrogens is 378 g/mol. The minimum atomic E-state index is -0.508. The van der Waals surface area contributed by atoms with Gasteiger partial charge in [0.25, 0.3) is 5.91 Å². The Morgan fingerprint density at radius 3 is 2.50 bits per heavy atom. The minimum absolute atomic E-state index is 0.0152. The van der Waals surface area contributed by atoms with Crippen molar-refractivity contribution < 1.29 is 14.3 Å². The van der Waals surface area contributed by atoms with Crippen LogP contribution in [0.25, 0.3) is 21.7 Å². The summed E-state index contributed by atoms with van der Waals surface area (Å²) in [5, 5.41) is 6.22. The first kappa shape index (κ1) is 20.1. The molecule has 2 amide bonds. The highest BCUT2D eigenvalue weighted by atomic mass is 16.6. The van der Waals surface area contributed by atoms with E-state index in [-0.39, 0.29) is 18.0 Å². The lowest BCUT2D eigenvalue weighted by atomic mass is 9.99. The van der Waals surface area contributed by atoms with E-state index in [1.165, 1.54) is 0 Å². The van der Waals surface area contributed by atoms with Crippen molar-refractivity contribution in [2.24, 2.45) is 0 Å². The molecule has 1 aliphatic heterocycles. The van der Waals surface area contributed by atoms with Gasteiger partial charge in [0.2, 0.25) is 0 Å². The van der Waals surface area contributed by atoms with Crippen LogP contribution < -0.4 is 5.32 Å². The first-order chi connectivity index (χ1) is 14.3. The zero-order chi connectivity index (χ0) is 21.3. The molecule has 156 valence electrons. The number of amides is 2. The number of aromatic nitrogens is 1. The number of hydrogen-bond acceptors (Lipinski definition) is 4. The highest BCUT2D eigenvalue weighted by Gasteiger charge is 2.28. The maximum absolute atomic E-state index is 13.1. The fourth-order valence-corrected chi connectivity index (χ4v) is 3.90. The number of nitrogens with one attached hydrogen (secondary N) is 1. The van der Waals surface area contributed by atoms with E-state index in [1.807, 2.05) is 63.2 Å². The Morgan fingerprint density at radius 1 is 1.07 bits per heavy atom. The summed E-state index contributed by atoms with van der Waals surface area (Å²) in [6.07, 6.45) is 2.82. The van der Waals surface area contributed by atoms with Crippen molar-refractivity contribution in [1.29, 1.82) is 0 Å². The summed E-state index contributed by atoms with van der Waals surface area (Å²) < 4.78 is 5.44. The largest absolute Gasteiger partial charge is 0.444 e. The van der Waals surface area contributed by atoms with Crippen LogP contribution in [0.15, 0.2) is 48.7 Å². The van der Waals surface area contributed by atoms with E-state index in [2.05, 4.69) is 10.3 Å². The molecule has 0 saturated carbocycles. The molecule has 6 heteroatoms. The van der Waals surface area contributed by atoms with Crippen LogP contribution in [0, 0.1) is 0 Å². The second-order valence-corrected chi connectivity index (χ2v) is 8.76. The second kappa shape index (κ2) is 7.94. The number of pyridine rings is 1. The molecule has 1 aromatic heterocycles. The number of fused-ring (bicyclic) bond motifs is 3. The van der Waals surface area contributed by atoms with E-state index < -0.39 is 5.60 Å². The van der Waals surface area contributed by atoms with E-state index in [1.54, 1.807) is 11.1 Å². The van der Waals surface area contributed by atoms with Crippen molar-refractivity contribution in [3.63, 3.8) is 0 Å². The maximum Gasteiger partial charge on any atom is 0.410 e. The molecule has 0 radical (unpaired) electrons. The average Bonchev–Trinajstić information content (AvgIpc) is 2.72. The van der Waals surface area contributed by atoms with Gasteiger partial charge >= 0.3 is 6.09 Å². The van der Waals surface area contributed by atoms with E-state index in [4.69, 9.17) is 4.74 Å². The van der Waals surface area contributed by atoms with Gasteiger partial charge < -0.3 is 15.0 Å². The predicted molar refractivity (Wildman–Crippen MR) is 118 cm³/mol. The topological polar surface area (TPSA) is 71.5 Å². The molecule has 1 saturated heterocycles. The first-order valence-electron chi connectivity index (χ1n) is 10.4. The number of likely N-dealkylation sites (tertiary alicyclic amines) is 1. The highest BCUT2D eigenvalue weighted by Crippen LogP contribution is 2.27. The minimum Gasteiger partial charge on any atom is -0.444 e. The lowest BCUT2D eigenvalue weighted by molar-refractivity contribution is 0.0199. The normalized spacial score (nSPS) is 15.4. The Balaban J connectivity index is 1.49. The smallest absolute Gasteiger partial charge is 0.410 e. The Bertz CT molecular complexity index is 1100. The Kier molecular flexibility index (Phi) is 5.33. The Morgan fingerprint density at radius 2 is 1.77 bits per heavy atom. The summed E-state index contributed by atoms with van der Waals surface area (Å²) in [7, 11) is 0. The molecule has 0 spiro atoms. The molecule has 0 aliphatic carbocycles. The molecule has 3 aromatic rings. The standard InChI is InChI=1S/C24H27N3O3/c1-24(2,3)30-23(29)27-13-10-17(11-14-27)26-22(28)20-15-16-7-4-5-8-18(16)19-9-6-12-25-21(19)20/h4-9,12,15,17H,10-11,13-14H2,1-3H3,(H,26,28). The highest BCUT2D eigenvalue weighted by molar-refractivity contribution is 6.15. The van der Waals surface area contributed by atoms with Gasteiger partial charge in [-0.25, -0.2) is 4.79 Å². The molecular formula is C24H27N3O3. The van der Waals surface area contributed by atoms with Crippen LogP contribution >= 0.6 is 0 Å². The van der Waals surface area contributed by atoms with Crippen molar-refractivity contribution in [3.05, 3.63) is 54.2 Å². The van der Waals surface area contributed by atoms with E-state index in [9.17, 15) is 9.59 Å². The van der Waals surface area contributed by atoms with Gasteiger partial charge in [0, 0.05) is 30.7 Å². The van der Waals surface area contributed by atoms with Gasteiger partial charge in [0.15, 0.2) is 0 Å². The summed E-state index contributed by atoms with van der Waals surface area (Å²) in [6.45, 7) is 6.71. The predicted octanol–water partition coefficient (Wildman–Crippen LogP) is 4.52. The summed E-state index contributed by atoms with van der Waals surface area (Å²) in [5.41, 5.74) is 0.783. The molecule has 4 rings (SSSR count). The third-order valence-electron chi connectivity index (χ3n) is 5.34. The van der Waals surface area contributed by atoms with Gasteiger partial charge in [-0.1, -0.05) is 30.3 Å². The summed E-state index contributed by atoms with van der Waals surface area (Å²) in [4.78, 5) is 31.6. The number of benzene rings is 2. The average molecular weight is 405 g/mol. The quantitative estimate of drug-likeness (QED) is 0.637. The summed E-state index contributed by atoms with van der Waals surface area (Å²) in [6, 6.07) is 13.8. The van der Waals surface area contributed by atoms with Gasteiger partial charge in [-0.2, -0.15) is 0 Å². The first-order valence-corrected chi connectivity index (χ1v) is 10.4. The SMILES string of the molecule is CC(C)(C)OC(=O)N1CCC(NC(=O)c2cc3ccccc3c3cccnc23)CC1. The van der Waals surface area contributed by atoms with E-state index in [0.717, 1.165) is 16.2 Å². The molecule has 2 heterocycles. The molecule has 1 fully saturated rings. The van der Waals surface area contributed by atoms with Gasteiger partial charge in [-0.05, 0) is 56.5 Å². The van der Waals surface area contributed by atoms with Gasteiger partial charge in [-0.3, -0.25) is 9.78 Å². The third-order valence-corrected chi connectivity index (χ3v) is 5.34. The van der Waals surface area contributed by atoms with E-state index >= 15 is 0 Å². The van der Waals surface area contributed by atoms with Gasteiger partial charge in [-0.15, -0.1) is 0 Å². The zero-order valence-corrected chi connectivity index (χ0v) is 17.6. The van der Waals surface area contributed by atoms with Gasteiger partial charge in [0.05, 0.1) is 11.1 Å². The van der Waals surface area contributed by atoms with Crippen LogP contribution in [-0.4, -0.2) is 46.6 Å². The maximum atomic E-state index is 13.1. The van der Waals surface area contributed by atoms with E-state index in [0.29, 0.717) is 37.0 Å². The Labute approximate surface area is 176 Å². The second-order valence-electron chi connectivity index (χ2n) is 8.76. The van der Waals surface area contributed by atoms with Crippen molar-refractivity contribution >= 4 is 33.7 Å². The molecule has 1 N–H and O–H groups in total. The molecule has 2 aromatic carbocycles. The van der Waals surface area contributed by atoms with Crippen LogP contribution in [-0.2, 0) is 4.74 Å².